The van der Waals surface area contributed by atoms with Gasteiger partial charge < -0.3 is 5.73 Å². The Morgan fingerprint density at radius 2 is 1.91 bits per heavy atom. The summed E-state index contributed by atoms with van der Waals surface area (Å²) >= 11 is 1.86. The highest BCUT2D eigenvalue weighted by Crippen LogP contribution is 2.28. The Hall–Kier alpha value is 0.310. The average Bonchev–Trinajstić information content (AvgIpc) is 1.87. The molecule has 0 aromatic rings. The molecule has 0 aliphatic rings. The molecular weight excluding hydrogens is 154 g/mol. The van der Waals surface area contributed by atoms with Crippen LogP contribution in [0.25, 0.3) is 0 Å². The quantitative estimate of drug-likeness (QED) is 0.496. The first kappa shape index (κ1) is 11.3. The fourth-order valence-corrected chi connectivity index (χ4v) is 1.84. The molecule has 0 saturated heterocycles. The molecule has 1 nitrogen and oxygen atoms in total. The molecule has 0 amide bonds. The summed E-state index contributed by atoms with van der Waals surface area (Å²) < 4.78 is 0.393. The second kappa shape index (κ2) is 5.90. The van der Waals surface area contributed by atoms with Crippen LogP contribution in [-0.2, 0) is 0 Å². The first-order valence-electron chi connectivity index (χ1n) is 4.46. The van der Waals surface area contributed by atoms with Crippen LogP contribution in [0.15, 0.2) is 0 Å². The molecule has 0 rings (SSSR count). The molecule has 0 fully saturated rings. The van der Waals surface area contributed by atoms with E-state index >= 15 is 0 Å². The van der Waals surface area contributed by atoms with Crippen molar-refractivity contribution in [1.82, 2.24) is 0 Å². The van der Waals surface area contributed by atoms with Crippen LogP contribution in [0.4, 0.5) is 0 Å². The standard InChI is InChI=1S/C9H21NS/c1-4-5-6-7-9(2,3)11-8-10/h4-8,10H2,1-3H3. The maximum Gasteiger partial charge on any atom is 0.0398 e. The van der Waals surface area contributed by atoms with E-state index in [2.05, 4.69) is 20.8 Å². The van der Waals surface area contributed by atoms with Gasteiger partial charge in [0.05, 0.1) is 0 Å². The Kier molecular flexibility index (Phi) is 6.06. The predicted molar refractivity (Wildman–Crippen MR) is 54.9 cm³/mol. The normalized spacial score (nSPS) is 12.0. The van der Waals surface area contributed by atoms with Gasteiger partial charge in [0.2, 0.25) is 0 Å². The van der Waals surface area contributed by atoms with E-state index in [1.807, 2.05) is 11.8 Å². The number of hydrogen-bond acceptors (Lipinski definition) is 2. The minimum absolute atomic E-state index is 0.393. The molecule has 68 valence electrons. The van der Waals surface area contributed by atoms with Gasteiger partial charge in [0.1, 0.15) is 0 Å². The lowest BCUT2D eigenvalue weighted by atomic mass is 10.0. The van der Waals surface area contributed by atoms with Crippen molar-refractivity contribution in [3.63, 3.8) is 0 Å². The van der Waals surface area contributed by atoms with Crippen LogP contribution in [0, 0.1) is 0 Å². The van der Waals surface area contributed by atoms with E-state index in [1.165, 1.54) is 25.7 Å². The van der Waals surface area contributed by atoms with Gasteiger partial charge in [0.15, 0.2) is 0 Å². The maximum atomic E-state index is 5.48. The van der Waals surface area contributed by atoms with Crippen molar-refractivity contribution in [3.05, 3.63) is 0 Å². The molecular formula is C9H21NS. The van der Waals surface area contributed by atoms with E-state index in [4.69, 9.17) is 5.73 Å². The van der Waals surface area contributed by atoms with Gasteiger partial charge in [-0.2, -0.15) is 0 Å². The van der Waals surface area contributed by atoms with E-state index in [-0.39, 0.29) is 0 Å². The van der Waals surface area contributed by atoms with Gasteiger partial charge in [-0.1, -0.05) is 40.0 Å². The largest absolute Gasteiger partial charge is 0.322 e. The molecule has 0 bridgehead atoms. The van der Waals surface area contributed by atoms with Crippen LogP contribution in [0.2, 0.25) is 0 Å². The summed E-state index contributed by atoms with van der Waals surface area (Å²) in [4.78, 5) is 0. The number of hydrogen-bond donors (Lipinski definition) is 1. The zero-order valence-electron chi connectivity index (χ0n) is 8.02. The fourth-order valence-electron chi connectivity index (χ4n) is 1.10. The molecule has 0 atom stereocenters. The summed E-state index contributed by atoms with van der Waals surface area (Å²) in [5.74, 6) is 0.749. The van der Waals surface area contributed by atoms with Crippen molar-refractivity contribution >= 4 is 11.8 Å². The summed E-state index contributed by atoms with van der Waals surface area (Å²) in [5, 5.41) is 0. The van der Waals surface area contributed by atoms with Crippen molar-refractivity contribution in [3.8, 4) is 0 Å². The van der Waals surface area contributed by atoms with Gasteiger partial charge in [0, 0.05) is 10.6 Å². The Morgan fingerprint density at radius 1 is 1.27 bits per heavy atom. The van der Waals surface area contributed by atoms with E-state index in [9.17, 15) is 0 Å². The lowest BCUT2D eigenvalue weighted by molar-refractivity contribution is 0.573. The van der Waals surface area contributed by atoms with Crippen molar-refractivity contribution in [2.24, 2.45) is 5.73 Å². The molecule has 0 aromatic heterocycles. The second-order valence-electron chi connectivity index (χ2n) is 3.53. The zero-order chi connectivity index (χ0) is 8.74. The van der Waals surface area contributed by atoms with Crippen molar-refractivity contribution in [1.29, 1.82) is 0 Å². The smallest absolute Gasteiger partial charge is 0.0398 e. The van der Waals surface area contributed by atoms with Crippen molar-refractivity contribution in [2.75, 3.05) is 5.88 Å². The van der Waals surface area contributed by atoms with Crippen LogP contribution in [-0.4, -0.2) is 10.6 Å². The fraction of sp³-hybridized carbons (Fsp3) is 1.00. The van der Waals surface area contributed by atoms with Crippen LogP contribution in [0.3, 0.4) is 0 Å². The van der Waals surface area contributed by atoms with Gasteiger partial charge in [0.25, 0.3) is 0 Å². The van der Waals surface area contributed by atoms with Crippen LogP contribution in [0.1, 0.15) is 46.5 Å². The second-order valence-corrected chi connectivity index (χ2v) is 5.25. The summed E-state index contributed by atoms with van der Waals surface area (Å²) in [5.41, 5.74) is 5.48. The number of unbranched alkanes of at least 4 members (excludes halogenated alkanes) is 2. The molecule has 11 heavy (non-hydrogen) atoms. The summed E-state index contributed by atoms with van der Waals surface area (Å²) in [6, 6.07) is 0. The number of thioether (sulfide) groups is 1. The SMILES string of the molecule is CCCCCC(C)(C)SCN. The minimum atomic E-state index is 0.393. The molecule has 0 aliphatic heterocycles. The molecule has 0 aliphatic carbocycles. The van der Waals surface area contributed by atoms with Crippen LogP contribution < -0.4 is 5.73 Å². The molecule has 0 radical (unpaired) electrons. The highest BCUT2D eigenvalue weighted by atomic mass is 32.2. The highest BCUT2D eigenvalue weighted by molar-refractivity contribution is 8.00. The van der Waals surface area contributed by atoms with Crippen molar-refractivity contribution < 1.29 is 0 Å². The van der Waals surface area contributed by atoms with Gasteiger partial charge in [-0.15, -0.1) is 11.8 Å². The summed E-state index contributed by atoms with van der Waals surface area (Å²) in [7, 11) is 0. The number of nitrogens with two attached hydrogens (primary N) is 1. The topological polar surface area (TPSA) is 26.0 Å². The van der Waals surface area contributed by atoms with Crippen LogP contribution in [0.5, 0.6) is 0 Å². The highest BCUT2D eigenvalue weighted by Gasteiger charge is 2.15. The molecule has 2 heteroatoms. The van der Waals surface area contributed by atoms with Gasteiger partial charge >= 0.3 is 0 Å². The maximum absolute atomic E-state index is 5.48. The summed E-state index contributed by atoms with van der Waals surface area (Å²) in [6.45, 7) is 6.80. The Bertz CT molecular complexity index is 91.6. The third-order valence-electron chi connectivity index (χ3n) is 1.86. The zero-order valence-corrected chi connectivity index (χ0v) is 8.84. The van der Waals surface area contributed by atoms with Gasteiger partial charge in [-0.05, 0) is 6.42 Å². The van der Waals surface area contributed by atoms with Gasteiger partial charge in [-0.25, -0.2) is 0 Å². The monoisotopic (exact) mass is 175 g/mol. The lowest BCUT2D eigenvalue weighted by Gasteiger charge is -2.22. The van der Waals surface area contributed by atoms with E-state index < -0.39 is 0 Å². The molecule has 0 aromatic carbocycles. The average molecular weight is 175 g/mol. The van der Waals surface area contributed by atoms with E-state index in [1.54, 1.807) is 0 Å². The molecule has 0 spiro atoms. The molecule has 0 saturated carbocycles. The van der Waals surface area contributed by atoms with Crippen LogP contribution >= 0.6 is 11.8 Å². The lowest BCUT2D eigenvalue weighted by Crippen LogP contribution is -2.17. The third kappa shape index (κ3) is 6.70. The predicted octanol–water partition coefficient (Wildman–Crippen LogP) is 2.99. The first-order valence-corrected chi connectivity index (χ1v) is 5.45. The van der Waals surface area contributed by atoms with Gasteiger partial charge in [-0.3, -0.25) is 0 Å². The molecule has 0 unspecified atom stereocenters. The summed E-state index contributed by atoms with van der Waals surface area (Å²) in [6.07, 6.45) is 5.30. The Labute approximate surface area is 75.1 Å². The minimum Gasteiger partial charge on any atom is -0.322 e. The molecule has 0 heterocycles. The third-order valence-corrected chi connectivity index (χ3v) is 3.01. The molecule has 2 N–H and O–H groups in total. The Balaban J connectivity index is 3.38. The van der Waals surface area contributed by atoms with E-state index in [0.29, 0.717) is 4.75 Å². The van der Waals surface area contributed by atoms with Crippen molar-refractivity contribution in [2.45, 2.75) is 51.2 Å². The Morgan fingerprint density at radius 3 is 2.36 bits per heavy atom. The number of rotatable bonds is 6. The van der Waals surface area contributed by atoms with E-state index in [0.717, 1.165) is 5.88 Å². The first-order chi connectivity index (χ1) is 5.12.